The lowest BCUT2D eigenvalue weighted by atomic mass is 9.98. The van der Waals surface area contributed by atoms with Gasteiger partial charge in [0.1, 0.15) is 11.6 Å². The van der Waals surface area contributed by atoms with Crippen molar-refractivity contribution < 1.29 is 9.18 Å². The van der Waals surface area contributed by atoms with Gasteiger partial charge in [-0.05, 0) is 31.0 Å². The molecule has 1 aliphatic rings. The highest BCUT2D eigenvalue weighted by atomic mass is 19.1. The van der Waals surface area contributed by atoms with Gasteiger partial charge in [0.05, 0.1) is 0 Å². The van der Waals surface area contributed by atoms with Gasteiger partial charge >= 0.3 is 0 Å². The number of nitrogens with zero attached hydrogens (tertiary/aromatic N) is 1. The molecule has 0 N–H and O–H groups in total. The van der Waals surface area contributed by atoms with E-state index in [0.29, 0.717) is 18.7 Å². The molecule has 3 heteroatoms. The molecule has 0 bridgehead atoms. The highest BCUT2D eigenvalue weighted by Gasteiger charge is 2.22. The van der Waals surface area contributed by atoms with E-state index in [2.05, 4.69) is 0 Å². The average Bonchev–Trinajstić information content (AvgIpc) is 2.55. The second-order valence-electron chi connectivity index (χ2n) is 5.12. The van der Waals surface area contributed by atoms with Crippen molar-refractivity contribution in [2.24, 2.45) is 5.92 Å². The molecule has 0 saturated heterocycles. The van der Waals surface area contributed by atoms with Crippen LogP contribution in [0.4, 0.5) is 10.1 Å². The van der Waals surface area contributed by atoms with Crippen LogP contribution >= 0.6 is 0 Å². The van der Waals surface area contributed by atoms with Crippen molar-refractivity contribution in [3.8, 4) is 0 Å². The molecule has 2 rings (SSSR count). The molecule has 1 aliphatic carbocycles. The first-order valence-corrected chi connectivity index (χ1v) is 6.66. The van der Waals surface area contributed by atoms with Gasteiger partial charge < -0.3 is 4.90 Å². The minimum Gasteiger partial charge on any atom is -0.374 e. The number of hydrogen-bond acceptors (Lipinski definition) is 2. The molecule has 0 spiro atoms. The first-order valence-electron chi connectivity index (χ1n) is 6.66. The Morgan fingerprint density at radius 1 is 1.33 bits per heavy atom. The van der Waals surface area contributed by atoms with Gasteiger partial charge in [-0.3, -0.25) is 4.79 Å². The van der Waals surface area contributed by atoms with E-state index < -0.39 is 0 Å². The summed E-state index contributed by atoms with van der Waals surface area (Å²) in [5.74, 6) is 0.253. The second-order valence-corrected chi connectivity index (χ2v) is 5.12. The van der Waals surface area contributed by atoms with Crippen molar-refractivity contribution in [1.29, 1.82) is 0 Å². The van der Waals surface area contributed by atoms with Crippen LogP contribution in [0.3, 0.4) is 0 Å². The van der Waals surface area contributed by atoms with Crippen molar-refractivity contribution in [3.63, 3.8) is 0 Å². The van der Waals surface area contributed by atoms with E-state index in [1.165, 1.54) is 12.1 Å². The van der Waals surface area contributed by atoms with Gasteiger partial charge in [0.15, 0.2) is 0 Å². The lowest BCUT2D eigenvalue weighted by Gasteiger charge is -2.24. The highest BCUT2D eigenvalue weighted by molar-refractivity contribution is 5.81. The monoisotopic (exact) mass is 249 g/mol. The number of anilines is 1. The van der Waals surface area contributed by atoms with Gasteiger partial charge in [-0.1, -0.05) is 18.9 Å². The molecule has 1 atom stereocenters. The minimum absolute atomic E-state index is 0.112. The van der Waals surface area contributed by atoms with Gasteiger partial charge in [0.2, 0.25) is 0 Å². The molecule has 18 heavy (non-hydrogen) atoms. The molecule has 1 fully saturated rings. The van der Waals surface area contributed by atoms with Crippen LogP contribution in [-0.2, 0) is 4.79 Å². The van der Waals surface area contributed by atoms with E-state index in [4.69, 9.17) is 0 Å². The summed E-state index contributed by atoms with van der Waals surface area (Å²) in [6, 6.07) is 6.54. The van der Waals surface area contributed by atoms with E-state index in [9.17, 15) is 9.18 Å². The summed E-state index contributed by atoms with van der Waals surface area (Å²) in [5, 5.41) is 0. The van der Waals surface area contributed by atoms with Crippen LogP contribution < -0.4 is 4.90 Å². The molecule has 0 radical (unpaired) electrons. The predicted octanol–water partition coefficient (Wildman–Crippen LogP) is 3.41. The zero-order chi connectivity index (χ0) is 13.0. The highest BCUT2D eigenvalue weighted by Crippen LogP contribution is 2.23. The lowest BCUT2D eigenvalue weighted by molar-refractivity contribution is -0.122. The number of rotatable bonds is 3. The van der Waals surface area contributed by atoms with Crippen molar-refractivity contribution in [3.05, 3.63) is 30.1 Å². The summed E-state index contributed by atoms with van der Waals surface area (Å²) >= 11 is 0. The zero-order valence-corrected chi connectivity index (χ0v) is 10.9. The Labute approximate surface area is 108 Å². The molecule has 1 aromatic rings. The molecule has 2 nitrogen and oxygen atoms in total. The summed E-state index contributed by atoms with van der Waals surface area (Å²) < 4.78 is 13.2. The van der Waals surface area contributed by atoms with Crippen LogP contribution in [0, 0.1) is 11.7 Å². The first-order chi connectivity index (χ1) is 8.66. The van der Waals surface area contributed by atoms with E-state index in [1.807, 2.05) is 18.0 Å². The van der Waals surface area contributed by atoms with Gasteiger partial charge in [-0.15, -0.1) is 0 Å². The maximum absolute atomic E-state index is 13.2. The smallest absolute Gasteiger partial charge is 0.137 e. The quantitative estimate of drug-likeness (QED) is 0.765. The predicted molar refractivity (Wildman–Crippen MR) is 71.3 cm³/mol. The summed E-state index contributed by atoms with van der Waals surface area (Å²) in [6.45, 7) is 0.697. The van der Waals surface area contributed by atoms with Crippen LogP contribution in [0.1, 0.15) is 32.1 Å². The van der Waals surface area contributed by atoms with Gasteiger partial charge in [0.25, 0.3) is 0 Å². The topological polar surface area (TPSA) is 20.3 Å². The van der Waals surface area contributed by atoms with E-state index >= 15 is 0 Å². The number of hydrogen-bond donors (Lipinski definition) is 0. The Kier molecular flexibility index (Phi) is 4.34. The zero-order valence-electron chi connectivity index (χ0n) is 10.9. The van der Waals surface area contributed by atoms with Crippen LogP contribution in [0.25, 0.3) is 0 Å². The van der Waals surface area contributed by atoms with Crippen LogP contribution in [0.5, 0.6) is 0 Å². The third kappa shape index (κ3) is 3.31. The number of Topliss-reactive ketones (excluding diaryl/α,β-unsaturated/α-hetero) is 1. The van der Waals surface area contributed by atoms with E-state index in [-0.39, 0.29) is 11.7 Å². The Morgan fingerprint density at radius 2 is 2.17 bits per heavy atom. The third-order valence-corrected chi connectivity index (χ3v) is 3.67. The molecule has 1 saturated carbocycles. The summed E-state index contributed by atoms with van der Waals surface area (Å²) in [6.07, 6.45) is 5.00. The second kappa shape index (κ2) is 5.98. The fourth-order valence-corrected chi connectivity index (χ4v) is 2.57. The Hall–Kier alpha value is -1.38. The van der Waals surface area contributed by atoms with Gasteiger partial charge in [-0.25, -0.2) is 4.39 Å². The first kappa shape index (κ1) is 13.1. The molecule has 98 valence electrons. The molecule has 0 amide bonds. The largest absolute Gasteiger partial charge is 0.374 e. The Bertz CT molecular complexity index is 419. The number of carbonyl (C=O) groups is 1. The maximum atomic E-state index is 13.2. The third-order valence-electron chi connectivity index (χ3n) is 3.67. The standard InChI is InChI=1S/C15H20FNO/c1-17(14-8-5-7-13(16)10-14)11-12-6-3-2-4-9-15(12)18/h5,7-8,10,12H,2-4,6,9,11H2,1H3. The lowest BCUT2D eigenvalue weighted by Crippen LogP contribution is -2.29. The average molecular weight is 249 g/mol. The summed E-state index contributed by atoms with van der Waals surface area (Å²) in [4.78, 5) is 13.9. The molecule has 1 unspecified atom stereocenters. The molecular weight excluding hydrogens is 229 g/mol. The normalized spacial score (nSPS) is 20.6. The Balaban J connectivity index is 2.01. The number of ketones is 1. The van der Waals surface area contributed by atoms with Crippen LogP contribution in [0.15, 0.2) is 24.3 Å². The van der Waals surface area contributed by atoms with Gasteiger partial charge in [0, 0.05) is 31.6 Å². The SMILES string of the molecule is CN(CC1CCCCCC1=O)c1cccc(F)c1. The summed E-state index contributed by atoms with van der Waals surface area (Å²) in [5.41, 5.74) is 0.840. The summed E-state index contributed by atoms with van der Waals surface area (Å²) in [7, 11) is 1.92. The minimum atomic E-state index is -0.230. The maximum Gasteiger partial charge on any atom is 0.137 e. The van der Waals surface area contributed by atoms with E-state index in [1.54, 1.807) is 6.07 Å². The van der Waals surface area contributed by atoms with E-state index in [0.717, 1.165) is 31.4 Å². The number of carbonyl (C=O) groups excluding carboxylic acids is 1. The van der Waals surface area contributed by atoms with Crippen LogP contribution in [-0.4, -0.2) is 19.4 Å². The number of benzene rings is 1. The van der Waals surface area contributed by atoms with Crippen molar-refractivity contribution in [2.45, 2.75) is 32.1 Å². The Morgan fingerprint density at radius 3 is 2.94 bits per heavy atom. The molecule has 1 aromatic carbocycles. The van der Waals surface area contributed by atoms with Gasteiger partial charge in [-0.2, -0.15) is 0 Å². The molecule has 0 heterocycles. The fourth-order valence-electron chi connectivity index (χ4n) is 2.57. The van der Waals surface area contributed by atoms with Crippen LogP contribution in [0.2, 0.25) is 0 Å². The van der Waals surface area contributed by atoms with Crippen molar-refractivity contribution in [1.82, 2.24) is 0 Å². The van der Waals surface area contributed by atoms with Crippen molar-refractivity contribution in [2.75, 3.05) is 18.5 Å². The molecule has 0 aromatic heterocycles. The fraction of sp³-hybridized carbons (Fsp3) is 0.533. The van der Waals surface area contributed by atoms with Crippen molar-refractivity contribution >= 4 is 11.5 Å². The number of halogens is 1. The molecular formula is C15H20FNO. The molecule has 0 aliphatic heterocycles.